The smallest absolute Gasteiger partial charge is 0.274 e. The van der Waals surface area contributed by atoms with Crippen molar-refractivity contribution in [3.63, 3.8) is 0 Å². The summed E-state index contributed by atoms with van der Waals surface area (Å²) in [6, 6.07) is 6.47. The van der Waals surface area contributed by atoms with Gasteiger partial charge in [-0.3, -0.25) is 4.79 Å². The number of halogens is 2. The van der Waals surface area contributed by atoms with Crippen LogP contribution < -0.4 is 10.6 Å². The standard InChI is InChI=1S/C16H18Cl2N4O/c1-9-19-13(8-14(20-9)22-16(2,3)4)15(23)21-12-7-10(17)5-6-11(12)18/h5-8H,1-4H3,(H,21,23)(H,19,20,22). The van der Waals surface area contributed by atoms with Gasteiger partial charge >= 0.3 is 0 Å². The molecule has 122 valence electrons. The van der Waals surface area contributed by atoms with Crippen molar-refractivity contribution < 1.29 is 4.79 Å². The molecule has 0 saturated carbocycles. The molecule has 23 heavy (non-hydrogen) atoms. The summed E-state index contributed by atoms with van der Waals surface area (Å²) in [5.74, 6) is 0.713. The molecule has 0 aliphatic carbocycles. The van der Waals surface area contributed by atoms with E-state index in [0.29, 0.717) is 27.4 Å². The van der Waals surface area contributed by atoms with E-state index in [0.717, 1.165) is 0 Å². The second-order valence-corrected chi connectivity index (χ2v) is 6.98. The summed E-state index contributed by atoms with van der Waals surface area (Å²) in [5, 5.41) is 6.82. The van der Waals surface area contributed by atoms with Crippen molar-refractivity contribution in [1.29, 1.82) is 0 Å². The van der Waals surface area contributed by atoms with Gasteiger partial charge in [0.25, 0.3) is 5.91 Å². The van der Waals surface area contributed by atoms with Crippen molar-refractivity contribution in [1.82, 2.24) is 9.97 Å². The Labute approximate surface area is 145 Å². The third kappa shape index (κ3) is 5.08. The van der Waals surface area contributed by atoms with Gasteiger partial charge < -0.3 is 10.6 Å². The molecule has 0 unspecified atom stereocenters. The van der Waals surface area contributed by atoms with Crippen molar-refractivity contribution in [3.05, 3.63) is 45.8 Å². The number of aromatic nitrogens is 2. The molecule has 1 aromatic carbocycles. The number of rotatable bonds is 3. The molecule has 0 aliphatic rings. The molecule has 1 amide bonds. The highest BCUT2D eigenvalue weighted by Gasteiger charge is 2.15. The Balaban J connectivity index is 2.27. The Morgan fingerprint density at radius 1 is 1.13 bits per heavy atom. The minimum absolute atomic E-state index is 0.176. The third-order valence-corrected chi connectivity index (χ3v) is 3.31. The second-order valence-electron chi connectivity index (χ2n) is 6.14. The van der Waals surface area contributed by atoms with Gasteiger partial charge in [-0.05, 0) is 45.9 Å². The highest BCUT2D eigenvalue weighted by atomic mass is 35.5. The van der Waals surface area contributed by atoms with E-state index in [9.17, 15) is 4.79 Å². The quantitative estimate of drug-likeness (QED) is 0.849. The molecule has 0 spiro atoms. The third-order valence-electron chi connectivity index (χ3n) is 2.75. The van der Waals surface area contributed by atoms with Crippen LogP contribution in [-0.4, -0.2) is 21.4 Å². The highest BCUT2D eigenvalue weighted by molar-refractivity contribution is 6.35. The van der Waals surface area contributed by atoms with Gasteiger partial charge in [0.15, 0.2) is 0 Å². The van der Waals surface area contributed by atoms with Gasteiger partial charge in [0, 0.05) is 16.6 Å². The molecule has 1 heterocycles. The number of carbonyl (C=O) groups excluding carboxylic acids is 1. The van der Waals surface area contributed by atoms with Crippen LogP contribution in [0.3, 0.4) is 0 Å². The Morgan fingerprint density at radius 3 is 2.48 bits per heavy atom. The van der Waals surface area contributed by atoms with E-state index in [1.807, 2.05) is 20.8 Å². The van der Waals surface area contributed by atoms with Crippen LogP contribution >= 0.6 is 23.2 Å². The second kappa shape index (κ2) is 6.72. The normalized spacial score (nSPS) is 11.2. The first-order valence-corrected chi connectivity index (χ1v) is 7.80. The number of aryl methyl sites for hydroxylation is 1. The number of hydrogen-bond donors (Lipinski definition) is 2. The number of anilines is 2. The average Bonchev–Trinajstić information content (AvgIpc) is 2.40. The van der Waals surface area contributed by atoms with Gasteiger partial charge in [0.2, 0.25) is 0 Å². The average molecular weight is 353 g/mol. The summed E-state index contributed by atoms with van der Waals surface area (Å²) in [7, 11) is 0. The SMILES string of the molecule is Cc1nc(NC(C)(C)C)cc(C(=O)Nc2cc(Cl)ccc2Cl)n1. The van der Waals surface area contributed by atoms with Crippen LogP contribution in [0.5, 0.6) is 0 Å². The molecule has 1 aromatic heterocycles. The van der Waals surface area contributed by atoms with E-state index in [4.69, 9.17) is 23.2 Å². The van der Waals surface area contributed by atoms with Crippen molar-refractivity contribution in [2.75, 3.05) is 10.6 Å². The van der Waals surface area contributed by atoms with Crippen LogP contribution in [-0.2, 0) is 0 Å². The Hall–Kier alpha value is -1.85. The Kier molecular flexibility index (Phi) is 5.12. The number of nitrogens with zero attached hydrogens (tertiary/aromatic N) is 2. The summed E-state index contributed by atoms with van der Waals surface area (Å²) in [5.41, 5.74) is 0.510. The fraction of sp³-hybridized carbons (Fsp3) is 0.312. The molecule has 2 aromatic rings. The van der Waals surface area contributed by atoms with E-state index in [2.05, 4.69) is 20.6 Å². The van der Waals surface area contributed by atoms with Crippen LogP contribution in [0.25, 0.3) is 0 Å². The van der Waals surface area contributed by atoms with Crippen molar-refractivity contribution in [2.45, 2.75) is 33.2 Å². The molecule has 0 fully saturated rings. The summed E-state index contributed by atoms with van der Waals surface area (Å²) in [6.07, 6.45) is 0. The maximum absolute atomic E-state index is 12.4. The number of hydrogen-bond acceptors (Lipinski definition) is 4. The van der Waals surface area contributed by atoms with Crippen molar-refractivity contribution >= 4 is 40.6 Å². The van der Waals surface area contributed by atoms with Crippen LogP contribution in [0.15, 0.2) is 24.3 Å². The van der Waals surface area contributed by atoms with Gasteiger partial charge in [0.1, 0.15) is 17.3 Å². The van der Waals surface area contributed by atoms with E-state index in [1.165, 1.54) is 0 Å². The maximum Gasteiger partial charge on any atom is 0.274 e. The predicted octanol–water partition coefficient (Wildman–Crippen LogP) is 4.55. The van der Waals surface area contributed by atoms with Crippen LogP contribution in [0.2, 0.25) is 10.0 Å². The monoisotopic (exact) mass is 352 g/mol. The van der Waals surface area contributed by atoms with Crippen LogP contribution in [0, 0.1) is 6.92 Å². The lowest BCUT2D eigenvalue weighted by atomic mass is 10.1. The zero-order valence-electron chi connectivity index (χ0n) is 13.4. The summed E-state index contributed by atoms with van der Waals surface area (Å²) in [4.78, 5) is 20.9. The van der Waals surface area contributed by atoms with Crippen LogP contribution in [0.4, 0.5) is 11.5 Å². The first-order valence-electron chi connectivity index (χ1n) is 7.04. The van der Waals surface area contributed by atoms with E-state index >= 15 is 0 Å². The predicted molar refractivity (Wildman–Crippen MR) is 94.6 cm³/mol. The molecule has 7 heteroatoms. The van der Waals surface area contributed by atoms with E-state index < -0.39 is 0 Å². The molecule has 2 N–H and O–H groups in total. The first-order chi connectivity index (χ1) is 10.6. The number of amides is 1. The lowest BCUT2D eigenvalue weighted by Crippen LogP contribution is -2.27. The van der Waals surface area contributed by atoms with E-state index in [1.54, 1.807) is 31.2 Å². The topological polar surface area (TPSA) is 66.9 Å². The molecule has 0 saturated heterocycles. The minimum Gasteiger partial charge on any atom is -0.365 e. The summed E-state index contributed by atoms with van der Waals surface area (Å²) in [6.45, 7) is 7.76. The molecule has 0 radical (unpaired) electrons. The fourth-order valence-electron chi connectivity index (χ4n) is 1.91. The molecular weight excluding hydrogens is 335 g/mol. The lowest BCUT2D eigenvalue weighted by Gasteiger charge is -2.21. The zero-order chi connectivity index (χ0) is 17.2. The fourth-order valence-corrected chi connectivity index (χ4v) is 2.25. The van der Waals surface area contributed by atoms with E-state index in [-0.39, 0.29) is 17.1 Å². The highest BCUT2D eigenvalue weighted by Crippen LogP contribution is 2.26. The zero-order valence-corrected chi connectivity index (χ0v) is 14.9. The van der Waals surface area contributed by atoms with Gasteiger partial charge in [-0.1, -0.05) is 23.2 Å². The number of nitrogens with one attached hydrogen (secondary N) is 2. The molecule has 0 bridgehead atoms. The molecule has 5 nitrogen and oxygen atoms in total. The molecule has 0 atom stereocenters. The largest absolute Gasteiger partial charge is 0.365 e. The maximum atomic E-state index is 12.4. The first kappa shape index (κ1) is 17.5. The van der Waals surface area contributed by atoms with Crippen LogP contribution in [0.1, 0.15) is 37.1 Å². The van der Waals surface area contributed by atoms with Gasteiger partial charge in [-0.15, -0.1) is 0 Å². The molecular formula is C16H18Cl2N4O. The molecule has 0 aliphatic heterocycles. The van der Waals surface area contributed by atoms with Gasteiger partial charge in [0.05, 0.1) is 10.7 Å². The summed E-state index contributed by atoms with van der Waals surface area (Å²) < 4.78 is 0. The minimum atomic E-state index is -0.378. The number of benzene rings is 1. The number of carbonyl (C=O) groups is 1. The Bertz CT molecular complexity index is 741. The summed E-state index contributed by atoms with van der Waals surface area (Å²) >= 11 is 12.0. The van der Waals surface area contributed by atoms with Crippen molar-refractivity contribution in [2.24, 2.45) is 0 Å². The Morgan fingerprint density at radius 2 is 1.83 bits per heavy atom. The van der Waals surface area contributed by atoms with Crippen molar-refractivity contribution in [3.8, 4) is 0 Å². The lowest BCUT2D eigenvalue weighted by molar-refractivity contribution is 0.102. The van der Waals surface area contributed by atoms with Gasteiger partial charge in [-0.25, -0.2) is 9.97 Å². The molecule has 2 rings (SSSR count). The van der Waals surface area contributed by atoms with Gasteiger partial charge in [-0.2, -0.15) is 0 Å².